The van der Waals surface area contributed by atoms with Crippen LogP contribution in [0, 0.1) is 18.8 Å². The highest BCUT2D eigenvalue weighted by molar-refractivity contribution is 7.98. The van der Waals surface area contributed by atoms with Gasteiger partial charge in [-0.05, 0) is 84.2 Å². The van der Waals surface area contributed by atoms with Crippen molar-refractivity contribution in [3.05, 3.63) is 101 Å². The maximum atomic E-state index is 12.8. The Kier molecular flexibility index (Phi) is 7.91. The lowest BCUT2D eigenvalue weighted by atomic mass is 9.74. The van der Waals surface area contributed by atoms with E-state index in [2.05, 4.69) is 55.0 Å². The topological polar surface area (TPSA) is 83.5 Å². The number of sulfonamides is 1. The number of benzene rings is 3. The molecule has 3 atom stereocenters. The van der Waals surface area contributed by atoms with Crippen molar-refractivity contribution < 1.29 is 18.3 Å². The summed E-state index contributed by atoms with van der Waals surface area (Å²) >= 11 is 1.69. The van der Waals surface area contributed by atoms with Crippen molar-refractivity contribution in [2.45, 2.75) is 48.7 Å². The second-order valence-corrected chi connectivity index (χ2v) is 12.2. The first kappa shape index (κ1) is 26.0. The quantitative estimate of drug-likeness (QED) is 0.244. The number of aromatic carboxylic acids is 1. The molecule has 0 heterocycles. The van der Waals surface area contributed by atoms with E-state index in [1.807, 2.05) is 12.1 Å². The van der Waals surface area contributed by atoms with Gasteiger partial charge in [0.25, 0.3) is 10.0 Å². The van der Waals surface area contributed by atoms with Gasteiger partial charge < -0.3 is 5.11 Å². The van der Waals surface area contributed by atoms with Gasteiger partial charge in [0.1, 0.15) is 0 Å². The van der Waals surface area contributed by atoms with Crippen LogP contribution in [0.3, 0.4) is 0 Å². The van der Waals surface area contributed by atoms with Crippen molar-refractivity contribution in [3.63, 3.8) is 0 Å². The van der Waals surface area contributed by atoms with Crippen molar-refractivity contribution in [3.8, 4) is 0 Å². The first-order valence-corrected chi connectivity index (χ1v) is 14.5. The lowest BCUT2D eigenvalue weighted by molar-refractivity contribution is 0.0696. The predicted molar refractivity (Wildman–Crippen MR) is 146 cm³/mol. The van der Waals surface area contributed by atoms with E-state index in [4.69, 9.17) is 0 Å². The average molecular weight is 522 g/mol. The summed E-state index contributed by atoms with van der Waals surface area (Å²) in [5.74, 6) is 1.42. The molecule has 0 aromatic heterocycles. The molecule has 0 fully saturated rings. The van der Waals surface area contributed by atoms with Crippen LogP contribution in [-0.4, -0.2) is 19.5 Å². The fraction of sp³-hybridized carbons (Fsp3) is 0.276. The minimum Gasteiger partial charge on any atom is -0.478 e. The van der Waals surface area contributed by atoms with Crippen LogP contribution in [0.5, 0.6) is 0 Å². The highest BCUT2D eigenvalue weighted by Crippen LogP contribution is 2.38. The van der Waals surface area contributed by atoms with Crippen LogP contribution in [0.1, 0.15) is 53.2 Å². The van der Waals surface area contributed by atoms with E-state index in [1.54, 1.807) is 30.8 Å². The molecule has 3 unspecified atom stereocenters. The summed E-state index contributed by atoms with van der Waals surface area (Å²) < 4.78 is 28.0. The fourth-order valence-electron chi connectivity index (χ4n) is 4.76. The number of allylic oxidation sites excluding steroid dienone is 2. The van der Waals surface area contributed by atoms with Crippen LogP contribution in [-0.2, 0) is 15.8 Å². The van der Waals surface area contributed by atoms with Crippen molar-refractivity contribution in [1.82, 2.24) is 0 Å². The molecule has 36 heavy (non-hydrogen) atoms. The number of rotatable bonds is 8. The standard InChI is InChI=1S/C29H31NO4S2/c1-19-7-16-26(17-27(19)29(31)32)36(33,34)30-24-12-14-25(15-13-24)35-18-22-8-10-23(11-9-22)28-20(2)5-4-6-21(28)3/h4-5,7-17,20-21,28,30H,6,18H2,1-3H3,(H,31,32). The van der Waals surface area contributed by atoms with Gasteiger partial charge >= 0.3 is 5.97 Å². The van der Waals surface area contributed by atoms with Gasteiger partial charge in [-0.25, -0.2) is 13.2 Å². The molecule has 0 saturated heterocycles. The molecule has 0 spiro atoms. The van der Waals surface area contributed by atoms with Crippen LogP contribution in [0.25, 0.3) is 0 Å². The molecule has 3 aromatic rings. The molecule has 0 amide bonds. The summed E-state index contributed by atoms with van der Waals surface area (Å²) in [7, 11) is -3.90. The van der Waals surface area contributed by atoms with Crippen LogP contribution in [0.4, 0.5) is 5.69 Å². The number of carboxylic acids is 1. The molecule has 3 aromatic carbocycles. The lowest BCUT2D eigenvalue weighted by Crippen LogP contribution is -2.19. The van der Waals surface area contributed by atoms with Gasteiger partial charge in [0, 0.05) is 16.3 Å². The molecule has 0 saturated carbocycles. The Hall–Kier alpha value is -3.03. The molecule has 5 nitrogen and oxygen atoms in total. The minimum atomic E-state index is -3.90. The number of hydrogen-bond donors (Lipinski definition) is 2. The van der Waals surface area contributed by atoms with Gasteiger partial charge in [-0.3, -0.25) is 4.72 Å². The molecule has 7 heteroatoms. The maximum absolute atomic E-state index is 12.8. The van der Waals surface area contributed by atoms with Gasteiger partial charge in [0.15, 0.2) is 0 Å². The minimum absolute atomic E-state index is 0.0303. The maximum Gasteiger partial charge on any atom is 0.335 e. The zero-order valence-corrected chi connectivity index (χ0v) is 22.3. The second-order valence-electron chi connectivity index (χ2n) is 9.47. The first-order valence-electron chi connectivity index (χ1n) is 12.0. The van der Waals surface area contributed by atoms with Gasteiger partial charge in [-0.1, -0.05) is 56.3 Å². The molecule has 2 N–H and O–H groups in total. The molecule has 1 aliphatic carbocycles. The number of hydrogen-bond acceptors (Lipinski definition) is 4. The zero-order valence-electron chi connectivity index (χ0n) is 20.6. The normalized spacial score (nSPS) is 19.7. The van der Waals surface area contributed by atoms with E-state index in [0.29, 0.717) is 29.0 Å². The number of anilines is 1. The molecule has 188 valence electrons. The highest BCUT2D eigenvalue weighted by atomic mass is 32.2. The molecular formula is C29H31NO4S2. The van der Waals surface area contributed by atoms with Gasteiger partial charge in [-0.15, -0.1) is 11.8 Å². The lowest BCUT2D eigenvalue weighted by Gasteiger charge is -2.31. The third-order valence-corrected chi connectivity index (χ3v) is 9.22. The summed E-state index contributed by atoms with van der Waals surface area (Å²) in [6.07, 6.45) is 5.75. The van der Waals surface area contributed by atoms with Crippen molar-refractivity contribution in [2.75, 3.05) is 4.72 Å². The smallest absolute Gasteiger partial charge is 0.335 e. The van der Waals surface area contributed by atoms with E-state index in [9.17, 15) is 18.3 Å². The van der Waals surface area contributed by atoms with Crippen LogP contribution >= 0.6 is 11.8 Å². The van der Waals surface area contributed by atoms with E-state index < -0.39 is 16.0 Å². The fourth-order valence-corrected chi connectivity index (χ4v) is 6.70. The Morgan fingerprint density at radius 2 is 1.72 bits per heavy atom. The first-order chi connectivity index (χ1) is 17.1. The Balaban J connectivity index is 1.37. The highest BCUT2D eigenvalue weighted by Gasteiger charge is 2.26. The number of thioether (sulfide) groups is 1. The third kappa shape index (κ3) is 6.02. The Labute approximate surface area is 217 Å². The van der Waals surface area contributed by atoms with E-state index in [0.717, 1.165) is 17.1 Å². The SMILES string of the molecule is Cc1ccc(S(=O)(=O)Nc2ccc(SCc3ccc(C4C(C)C=CCC4C)cc3)cc2)cc1C(=O)O. The van der Waals surface area contributed by atoms with E-state index in [1.165, 1.54) is 29.3 Å². The summed E-state index contributed by atoms with van der Waals surface area (Å²) in [4.78, 5) is 12.3. The van der Waals surface area contributed by atoms with Crippen LogP contribution in [0.2, 0.25) is 0 Å². The van der Waals surface area contributed by atoms with Crippen molar-refractivity contribution in [1.29, 1.82) is 0 Å². The summed E-state index contributed by atoms with van der Waals surface area (Å²) in [5, 5.41) is 9.28. The number of aryl methyl sites for hydroxylation is 1. The Morgan fingerprint density at radius 3 is 2.36 bits per heavy atom. The molecule has 0 aliphatic heterocycles. The second kappa shape index (κ2) is 10.9. The zero-order chi connectivity index (χ0) is 25.9. The molecule has 4 rings (SSSR count). The number of nitrogens with one attached hydrogen (secondary N) is 1. The van der Waals surface area contributed by atoms with E-state index >= 15 is 0 Å². The monoisotopic (exact) mass is 521 g/mol. The Morgan fingerprint density at radius 1 is 1.03 bits per heavy atom. The van der Waals surface area contributed by atoms with Crippen LogP contribution < -0.4 is 4.72 Å². The van der Waals surface area contributed by atoms with Crippen molar-refractivity contribution >= 4 is 33.4 Å². The molecule has 1 aliphatic rings. The molecule has 0 bridgehead atoms. The summed E-state index contributed by atoms with van der Waals surface area (Å²) in [5.41, 5.74) is 3.54. The third-order valence-electron chi connectivity index (χ3n) is 6.75. The van der Waals surface area contributed by atoms with Crippen molar-refractivity contribution in [2.24, 2.45) is 11.8 Å². The van der Waals surface area contributed by atoms with Crippen LogP contribution in [0.15, 0.2) is 88.7 Å². The van der Waals surface area contributed by atoms with Gasteiger partial charge in [0.05, 0.1) is 10.5 Å². The number of carboxylic acid groups (broad SMARTS) is 1. The summed E-state index contributed by atoms with van der Waals surface area (Å²) in [6, 6.07) is 20.2. The predicted octanol–water partition coefficient (Wildman–Crippen LogP) is 7.10. The molecule has 0 radical (unpaired) electrons. The average Bonchev–Trinajstić information content (AvgIpc) is 2.84. The number of carbonyl (C=O) groups is 1. The van der Waals surface area contributed by atoms with Gasteiger partial charge in [0.2, 0.25) is 0 Å². The largest absolute Gasteiger partial charge is 0.478 e. The molecular weight excluding hydrogens is 490 g/mol. The van der Waals surface area contributed by atoms with Gasteiger partial charge in [-0.2, -0.15) is 0 Å². The van der Waals surface area contributed by atoms with E-state index in [-0.39, 0.29) is 10.5 Å². The summed E-state index contributed by atoms with van der Waals surface area (Å²) in [6.45, 7) is 6.25. The Bertz CT molecular complexity index is 1360.